The maximum atomic E-state index is 13.3. The Bertz CT molecular complexity index is 727. The lowest BCUT2D eigenvalue weighted by molar-refractivity contribution is -0.130. The van der Waals surface area contributed by atoms with Crippen LogP contribution < -0.4 is 5.32 Å². The minimum absolute atomic E-state index is 0.322. The molecular formula is C17H17ClF2N2O3. The highest BCUT2D eigenvalue weighted by Gasteiger charge is 2.35. The van der Waals surface area contributed by atoms with Crippen molar-refractivity contribution in [3.63, 3.8) is 0 Å². The number of benzene rings is 1. The van der Waals surface area contributed by atoms with Crippen LogP contribution >= 0.6 is 11.6 Å². The van der Waals surface area contributed by atoms with Gasteiger partial charge in [0.05, 0.1) is 16.7 Å². The lowest BCUT2D eigenvalue weighted by Crippen LogP contribution is -2.52. The third-order valence-electron chi connectivity index (χ3n) is 4.17. The highest BCUT2D eigenvalue weighted by Crippen LogP contribution is 2.28. The molecule has 0 aromatic heterocycles. The zero-order valence-electron chi connectivity index (χ0n) is 13.6. The van der Waals surface area contributed by atoms with E-state index in [0.29, 0.717) is 25.0 Å². The van der Waals surface area contributed by atoms with E-state index in [4.69, 9.17) is 16.3 Å². The summed E-state index contributed by atoms with van der Waals surface area (Å²) in [6.45, 7) is 1.33. The van der Waals surface area contributed by atoms with Crippen molar-refractivity contribution in [2.75, 3.05) is 0 Å². The molecule has 1 N–H and O–H groups in total. The van der Waals surface area contributed by atoms with E-state index in [1.807, 2.05) is 0 Å². The lowest BCUT2D eigenvalue weighted by Gasteiger charge is -2.32. The molecule has 0 saturated heterocycles. The molecular weight excluding hydrogens is 354 g/mol. The Morgan fingerprint density at radius 1 is 1.28 bits per heavy atom. The molecule has 1 aliphatic carbocycles. The first kappa shape index (κ1) is 19.1. The highest BCUT2D eigenvalue weighted by molar-refractivity contribution is 6.33. The van der Waals surface area contributed by atoms with Crippen molar-refractivity contribution in [3.8, 4) is 6.07 Å². The third kappa shape index (κ3) is 4.45. The summed E-state index contributed by atoms with van der Waals surface area (Å²) in [6, 6.07) is 3.40. The summed E-state index contributed by atoms with van der Waals surface area (Å²) < 4.78 is 31.3. The summed E-state index contributed by atoms with van der Waals surface area (Å²) in [4.78, 5) is 24.3. The molecule has 1 aromatic rings. The molecule has 0 heterocycles. The Labute approximate surface area is 148 Å². The molecule has 134 valence electrons. The molecule has 25 heavy (non-hydrogen) atoms. The van der Waals surface area contributed by atoms with E-state index < -0.39 is 35.2 Å². The zero-order valence-corrected chi connectivity index (χ0v) is 14.3. The molecule has 5 nitrogen and oxygen atoms in total. The van der Waals surface area contributed by atoms with Crippen LogP contribution in [0, 0.1) is 23.0 Å². The number of nitriles is 1. The van der Waals surface area contributed by atoms with Crippen LogP contribution in [0.1, 0.15) is 49.4 Å². The Morgan fingerprint density at radius 2 is 1.88 bits per heavy atom. The van der Waals surface area contributed by atoms with Gasteiger partial charge in [-0.15, -0.1) is 0 Å². The smallest absolute Gasteiger partial charge is 0.340 e. The molecule has 1 unspecified atom stereocenters. The fraction of sp³-hybridized carbons (Fsp3) is 0.471. The van der Waals surface area contributed by atoms with E-state index in [1.165, 1.54) is 6.92 Å². The topological polar surface area (TPSA) is 79.2 Å². The van der Waals surface area contributed by atoms with Gasteiger partial charge in [-0.2, -0.15) is 5.26 Å². The van der Waals surface area contributed by atoms with Gasteiger partial charge in [0.25, 0.3) is 5.91 Å². The van der Waals surface area contributed by atoms with Crippen molar-refractivity contribution in [1.29, 1.82) is 5.26 Å². The number of esters is 1. The molecule has 1 amide bonds. The molecule has 0 aliphatic heterocycles. The summed E-state index contributed by atoms with van der Waals surface area (Å²) >= 11 is 5.71. The summed E-state index contributed by atoms with van der Waals surface area (Å²) in [7, 11) is 0. The molecule has 0 spiro atoms. The van der Waals surface area contributed by atoms with Crippen molar-refractivity contribution < 1.29 is 23.1 Å². The second-order valence-electron chi connectivity index (χ2n) is 6.04. The SMILES string of the molecule is CC(OC(=O)c1cc(F)c(F)cc1Cl)C(=O)NC1(C#N)CCCCC1. The van der Waals surface area contributed by atoms with Crippen LogP contribution in [0.15, 0.2) is 12.1 Å². The van der Waals surface area contributed by atoms with E-state index in [9.17, 15) is 23.6 Å². The molecule has 8 heteroatoms. The monoisotopic (exact) mass is 370 g/mol. The van der Waals surface area contributed by atoms with E-state index in [-0.39, 0.29) is 10.6 Å². The van der Waals surface area contributed by atoms with Gasteiger partial charge < -0.3 is 10.1 Å². The number of hydrogen-bond acceptors (Lipinski definition) is 4. The van der Waals surface area contributed by atoms with E-state index in [1.54, 1.807) is 0 Å². The fourth-order valence-corrected chi connectivity index (χ4v) is 2.94. The number of carbonyl (C=O) groups excluding carboxylic acids is 2. The van der Waals surface area contributed by atoms with Gasteiger partial charge >= 0.3 is 5.97 Å². The Hall–Kier alpha value is -2.20. The number of halogens is 3. The normalized spacial score (nSPS) is 17.2. The second kappa shape index (κ2) is 7.79. The van der Waals surface area contributed by atoms with Crippen LogP contribution in [0.25, 0.3) is 0 Å². The number of amides is 1. The molecule has 1 fully saturated rings. The predicted molar refractivity (Wildman–Crippen MR) is 85.8 cm³/mol. The molecule has 1 aromatic carbocycles. The average Bonchev–Trinajstić information content (AvgIpc) is 2.58. The minimum atomic E-state index is -1.25. The van der Waals surface area contributed by atoms with Crippen LogP contribution in [0.4, 0.5) is 8.78 Å². The number of carbonyl (C=O) groups is 2. The van der Waals surface area contributed by atoms with Crippen LogP contribution in [0.5, 0.6) is 0 Å². The number of nitrogens with one attached hydrogen (secondary N) is 1. The van der Waals surface area contributed by atoms with E-state index in [2.05, 4.69) is 11.4 Å². The van der Waals surface area contributed by atoms with Crippen molar-refractivity contribution >= 4 is 23.5 Å². The van der Waals surface area contributed by atoms with E-state index in [0.717, 1.165) is 19.3 Å². The molecule has 2 rings (SSSR count). The summed E-state index contributed by atoms with van der Waals surface area (Å²) in [5.41, 5.74) is -1.34. The molecule has 1 atom stereocenters. The number of rotatable bonds is 4. The average molecular weight is 371 g/mol. The summed E-state index contributed by atoms with van der Waals surface area (Å²) in [5, 5.41) is 11.7. The molecule has 1 aliphatic rings. The van der Waals surface area contributed by atoms with Crippen molar-refractivity contribution in [2.45, 2.75) is 50.7 Å². The minimum Gasteiger partial charge on any atom is -0.449 e. The Kier molecular flexibility index (Phi) is 5.96. The predicted octanol–water partition coefficient (Wildman–Crippen LogP) is 3.51. The third-order valence-corrected chi connectivity index (χ3v) is 4.48. The Balaban J connectivity index is 2.04. The largest absolute Gasteiger partial charge is 0.449 e. The lowest BCUT2D eigenvalue weighted by atomic mass is 9.83. The van der Waals surface area contributed by atoms with Gasteiger partial charge in [-0.1, -0.05) is 30.9 Å². The highest BCUT2D eigenvalue weighted by atomic mass is 35.5. The van der Waals surface area contributed by atoms with Gasteiger partial charge in [-0.3, -0.25) is 4.79 Å². The standard InChI is InChI=1S/C17H17ClF2N2O3/c1-10(15(23)22-17(9-21)5-3-2-4-6-17)25-16(24)11-7-13(19)14(20)8-12(11)18/h7-8,10H,2-6H2,1H3,(H,22,23). The van der Waals surface area contributed by atoms with Gasteiger partial charge in [0.1, 0.15) is 5.54 Å². The molecule has 1 saturated carbocycles. The fourth-order valence-electron chi connectivity index (χ4n) is 2.71. The van der Waals surface area contributed by atoms with Crippen LogP contribution in [0.2, 0.25) is 5.02 Å². The summed E-state index contributed by atoms with van der Waals surface area (Å²) in [6.07, 6.45) is 2.50. The Morgan fingerprint density at radius 3 is 2.48 bits per heavy atom. The first-order valence-corrected chi connectivity index (χ1v) is 8.24. The maximum absolute atomic E-state index is 13.3. The van der Waals surface area contributed by atoms with Gasteiger partial charge in [-0.25, -0.2) is 13.6 Å². The zero-order chi connectivity index (χ0) is 18.6. The van der Waals surface area contributed by atoms with Crippen molar-refractivity contribution in [2.24, 2.45) is 0 Å². The van der Waals surface area contributed by atoms with Crippen molar-refractivity contribution in [3.05, 3.63) is 34.4 Å². The van der Waals surface area contributed by atoms with Crippen LogP contribution in [-0.2, 0) is 9.53 Å². The van der Waals surface area contributed by atoms with Crippen LogP contribution in [0.3, 0.4) is 0 Å². The number of hydrogen-bond donors (Lipinski definition) is 1. The first-order valence-electron chi connectivity index (χ1n) is 7.87. The number of ether oxygens (including phenoxy) is 1. The number of nitrogens with zero attached hydrogens (tertiary/aromatic N) is 1. The van der Waals surface area contributed by atoms with Crippen LogP contribution in [-0.4, -0.2) is 23.5 Å². The summed E-state index contributed by atoms with van der Waals surface area (Å²) in [5.74, 6) is -4.13. The first-order chi connectivity index (χ1) is 11.8. The van der Waals surface area contributed by atoms with Crippen molar-refractivity contribution in [1.82, 2.24) is 5.32 Å². The van der Waals surface area contributed by atoms with E-state index >= 15 is 0 Å². The quantitative estimate of drug-likeness (QED) is 0.649. The van der Waals surface area contributed by atoms with Gasteiger partial charge in [0, 0.05) is 0 Å². The second-order valence-corrected chi connectivity index (χ2v) is 6.44. The molecule has 0 radical (unpaired) electrons. The van der Waals surface area contributed by atoms with Gasteiger partial charge in [0.2, 0.25) is 0 Å². The maximum Gasteiger partial charge on any atom is 0.340 e. The van der Waals surface area contributed by atoms with Gasteiger partial charge in [-0.05, 0) is 31.9 Å². The molecule has 0 bridgehead atoms. The van der Waals surface area contributed by atoms with Gasteiger partial charge in [0.15, 0.2) is 17.7 Å².